The minimum absolute atomic E-state index is 0.106. The molecule has 17 heavy (non-hydrogen) atoms. The van der Waals surface area contributed by atoms with Gasteiger partial charge in [-0.25, -0.2) is 8.78 Å². The molecule has 0 saturated heterocycles. The highest BCUT2D eigenvalue weighted by Crippen LogP contribution is 2.35. The first-order valence-electron chi connectivity index (χ1n) is 4.84. The van der Waals surface area contributed by atoms with Crippen molar-refractivity contribution >= 4 is 31.9 Å². The molecule has 0 N–H and O–H groups in total. The molecular weight excluding hydrogens is 358 g/mol. The lowest BCUT2D eigenvalue weighted by molar-refractivity contribution is 0.486. The number of furan rings is 1. The molecule has 0 fully saturated rings. The Hall–Kier alpha value is -0.680. The molecule has 90 valence electrons. The van der Waals surface area contributed by atoms with Gasteiger partial charge in [0.2, 0.25) is 0 Å². The average molecular weight is 366 g/mol. The highest BCUT2D eigenvalue weighted by atomic mass is 79.9. The molecule has 1 unspecified atom stereocenters. The van der Waals surface area contributed by atoms with Crippen molar-refractivity contribution in [3.8, 4) is 0 Å². The lowest BCUT2D eigenvalue weighted by Crippen LogP contribution is -1.97. The summed E-state index contributed by atoms with van der Waals surface area (Å²) in [5.74, 6) is 0.272. The summed E-state index contributed by atoms with van der Waals surface area (Å²) in [6, 6.07) is 5.76. The van der Waals surface area contributed by atoms with Gasteiger partial charge in [-0.3, -0.25) is 0 Å². The minimum atomic E-state index is -0.505. The molecule has 1 nitrogen and oxygen atoms in total. The smallest absolute Gasteiger partial charge is 0.137 e. The molecule has 2 aromatic rings. The van der Waals surface area contributed by atoms with Crippen LogP contribution in [0.4, 0.5) is 8.78 Å². The van der Waals surface area contributed by atoms with E-state index in [1.807, 2.05) is 0 Å². The van der Waals surface area contributed by atoms with Gasteiger partial charge in [0.15, 0.2) is 0 Å². The highest BCUT2D eigenvalue weighted by Gasteiger charge is 2.20. The Labute approximate surface area is 114 Å². The third-order valence-corrected chi connectivity index (χ3v) is 3.88. The Bertz CT molecular complexity index is 551. The van der Waals surface area contributed by atoms with Crippen LogP contribution in [-0.2, 0) is 0 Å². The largest absolute Gasteiger partial charge is 0.465 e. The van der Waals surface area contributed by atoms with Gasteiger partial charge in [-0.05, 0) is 47.1 Å². The maximum Gasteiger partial charge on any atom is 0.137 e. The van der Waals surface area contributed by atoms with Crippen LogP contribution in [0.5, 0.6) is 0 Å². The van der Waals surface area contributed by atoms with Gasteiger partial charge in [0.1, 0.15) is 28.0 Å². The Morgan fingerprint density at radius 3 is 2.47 bits per heavy atom. The third-order valence-electron chi connectivity index (χ3n) is 2.32. The van der Waals surface area contributed by atoms with Crippen molar-refractivity contribution in [1.29, 1.82) is 0 Å². The molecular formula is C12H8Br2F2O. The van der Waals surface area contributed by atoms with E-state index in [9.17, 15) is 8.78 Å². The number of hydrogen-bond donors (Lipinski definition) is 0. The highest BCUT2D eigenvalue weighted by molar-refractivity contribution is 9.10. The second-order valence-corrected chi connectivity index (χ2v) is 5.37. The Balaban J connectivity index is 2.43. The zero-order valence-corrected chi connectivity index (χ0v) is 12.0. The summed E-state index contributed by atoms with van der Waals surface area (Å²) in [5, 5.41) is 0. The zero-order chi connectivity index (χ0) is 12.6. The number of rotatable bonds is 2. The van der Waals surface area contributed by atoms with Gasteiger partial charge in [0.05, 0.1) is 4.47 Å². The second kappa shape index (κ2) is 4.90. The van der Waals surface area contributed by atoms with Crippen LogP contribution in [0, 0.1) is 18.6 Å². The van der Waals surface area contributed by atoms with Gasteiger partial charge in [-0.2, -0.15) is 0 Å². The van der Waals surface area contributed by atoms with Crippen molar-refractivity contribution in [3.05, 3.63) is 57.5 Å². The van der Waals surface area contributed by atoms with E-state index in [2.05, 4.69) is 31.9 Å². The van der Waals surface area contributed by atoms with Crippen LogP contribution in [0.3, 0.4) is 0 Å². The Morgan fingerprint density at radius 2 is 1.88 bits per heavy atom. The number of benzene rings is 1. The molecule has 0 aliphatic heterocycles. The van der Waals surface area contributed by atoms with Crippen molar-refractivity contribution < 1.29 is 13.2 Å². The van der Waals surface area contributed by atoms with Crippen molar-refractivity contribution in [2.75, 3.05) is 0 Å². The van der Waals surface area contributed by atoms with E-state index < -0.39 is 16.5 Å². The monoisotopic (exact) mass is 364 g/mol. The van der Waals surface area contributed by atoms with E-state index in [0.29, 0.717) is 5.76 Å². The third kappa shape index (κ3) is 2.60. The molecule has 0 spiro atoms. The number of alkyl halides is 1. The maximum absolute atomic E-state index is 13.7. The summed E-state index contributed by atoms with van der Waals surface area (Å²) in [6.45, 7) is 1.79. The first kappa shape index (κ1) is 12.8. The van der Waals surface area contributed by atoms with E-state index in [4.69, 9.17) is 4.42 Å². The summed E-state index contributed by atoms with van der Waals surface area (Å²) >= 11 is 6.24. The SMILES string of the molecule is Cc1ccc(C(Br)c2cc(F)c(Br)cc2F)o1. The van der Waals surface area contributed by atoms with Crippen LogP contribution in [0.25, 0.3) is 0 Å². The molecule has 0 saturated carbocycles. The maximum atomic E-state index is 13.7. The van der Waals surface area contributed by atoms with Gasteiger partial charge < -0.3 is 4.42 Å². The number of aryl methyl sites for hydroxylation is 1. The molecule has 0 radical (unpaired) electrons. The fourth-order valence-corrected chi connectivity index (χ4v) is 2.39. The molecule has 0 aliphatic rings. The van der Waals surface area contributed by atoms with Gasteiger partial charge in [-0.1, -0.05) is 15.9 Å². The van der Waals surface area contributed by atoms with Crippen LogP contribution >= 0.6 is 31.9 Å². The normalized spacial score (nSPS) is 12.8. The molecule has 0 aliphatic carbocycles. The first-order valence-corrected chi connectivity index (χ1v) is 6.54. The first-order chi connectivity index (χ1) is 7.99. The summed E-state index contributed by atoms with van der Waals surface area (Å²) in [6.07, 6.45) is 0. The van der Waals surface area contributed by atoms with Gasteiger partial charge in [-0.15, -0.1) is 0 Å². The number of hydrogen-bond acceptors (Lipinski definition) is 1. The molecule has 2 rings (SSSR count). The van der Waals surface area contributed by atoms with Gasteiger partial charge >= 0.3 is 0 Å². The summed E-state index contributed by atoms with van der Waals surface area (Å²) < 4.78 is 32.6. The topological polar surface area (TPSA) is 13.1 Å². The van der Waals surface area contributed by atoms with Crippen LogP contribution in [0.1, 0.15) is 21.9 Å². The predicted molar refractivity (Wildman–Crippen MR) is 68.3 cm³/mol. The van der Waals surface area contributed by atoms with E-state index >= 15 is 0 Å². The fourth-order valence-electron chi connectivity index (χ4n) is 1.48. The summed E-state index contributed by atoms with van der Waals surface area (Å²) in [7, 11) is 0. The quantitative estimate of drug-likeness (QED) is 0.532. The fraction of sp³-hybridized carbons (Fsp3) is 0.167. The minimum Gasteiger partial charge on any atom is -0.465 e. The Kier molecular flexibility index (Phi) is 3.68. The van der Waals surface area contributed by atoms with E-state index in [-0.39, 0.29) is 10.0 Å². The van der Waals surface area contributed by atoms with E-state index in [1.165, 1.54) is 0 Å². The summed E-state index contributed by atoms with van der Waals surface area (Å²) in [4.78, 5) is -0.501. The molecule has 0 amide bonds. The molecule has 1 aromatic heterocycles. The average Bonchev–Trinajstić information content (AvgIpc) is 2.69. The Morgan fingerprint density at radius 1 is 1.18 bits per heavy atom. The molecule has 1 aromatic carbocycles. The van der Waals surface area contributed by atoms with Crippen LogP contribution in [-0.4, -0.2) is 0 Å². The molecule has 1 heterocycles. The predicted octanol–water partition coefficient (Wildman–Crippen LogP) is 5.11. The van der Waals surface area contributed by atoms with Gasteiger partial charge in [0, 0.05) is 5.56 Å². The van der Waals surface area contributed by atoms with Crippen molar-refractivity contribution in [3.63, 3.8) is 0 Å². The van der Waals surface area contributed by atoms with E-state index in [0.717, 1.165) is 17.9 Å². The van der Waals surface area contributed by atoms with Crippen molar-refractivity contribution in [1.82, 2.24) is 0 Å². The lowest BCUT2D eigenvalue weighted by Gasteiger charge is -2.09. The molecule has 5 heteroatoms. The molecule has 1 atom stereocenters. The van der Waals surface area contributed by atoms with Crippen LogP contribution in [0.2, 0.25) is 0 Å². The van der Waals surface area contributed by atoms with Crippen LogP contribution in [0.15, 0.2) is 33.2 Å². The lowest BCUT2D eigenvalue weighted by atomic mass is 10.1. The van der Waals surface area contributed by atoms with Crippen molar-refractivity contribution in [2.24, 2.45) is 0 Å². The molecule has 0 bridgehead atoms. The summed E-state index contributed by atoms with van der Waals surface area (Å²) in [5.41, 5.74) is 0.208. The number of halogens is 4. The zero-order valence-electron chi connectivity index (χ0n) is 8.81. The van der Waals surface area contributed by atoms with Gasteiger partial charge in [0.25, 0.3) is 0 Å². The second-order valence-electron chi connectivity index (χ2n) is 3.60. The van der Waals surface area contributed by atoms with Crippen LogP contribution < -0.4 is 0 Å². The van der Waals surface area contributed by atoms with Crippen molar-refractivity contribution in [2.45, 2.75) is 11.8 Å². The van der Waals surface area contributed by atoms with E-state index in [1.54, 1.807) is 19.1 Å². The standard InChI is InChI=1S/C12H8Br2F2O/c1-6-2-3-11(17-6)12(14)7-4-10(16)8(13)5-9(7)15/h2-5,12H,1H3.